The minimum absolute atomic E-state index is 0.0602. The van der Waals surface area contributed by atoms with Gasteiger partial charge in [-0.05, 0) is 61.1 Å². The molecule has 4 aromatic rings. The minimum Gasteiger partial charge on any atom is -0.330 e. The summed E-state index contributed by atoms with van der Waals surface area (Å²) < 4.78 is 0.748. The Morgan fingerprint density at radius 1 is 0.944 bits per heavy atom. The number of carbonyl (C=O) groups is 3. The van der Waals surface area contributed by atoms with Crippen LogP contribution < -0.4 is 21.7 Å². The molecule has 2 aromatic heterocycles. The number of hydrazone groups is 1. The van der Waals surface area contributed by atoms with Crippen LogP contribution in [0.4, 0.5) is 5.69 Å². The molecule has 0 aliphatic heterocycles. The Bertz CT molecular complexity index is 1610. The summed E-state index contributed by atoms with van der Waals surface area (Å²) in [4.78, 5) is 56.2. The van der Waals surface area contributed by atoms with E-state index in [4.69, 9.17) is 12.2 Å². The second-order valence-electron chi connectivity index (χ2n) is 7.46. The van der Waals surface area contributed by atoms with Crippen molar-refractivity contribution in [1.29, 1.82) is 0 Å². The summed E-state index contributed by atoms with van der Waals surface area (Å²) in [6.07, 6.45) is 3.01. The third-order valence-corrected chi connectivity index (χ3v) is 5.34. The Hall–Kier alpha value is -4.97. The second kappa shape index (κ2) is 10.5. The first-order valence-electron chi connectivity index (χ1n) is 10.5. The Morgan fingerprint density at radius 2 is 1.64 bits per heavy atom. The molecule has 11 nitrogen and oxygen atoms in total. The lowest BCUT2D eigenvalue weighted by atomic mass is 10.1. The third kappa shape index (κ3) is 5.39. The van der Waals surface area contributed by atoms with Crippen LogP contribution in [0.1, 0.15) is 22.8 Å². The van der Waals surface area contributed by atoms with Crippen molar-refractivity contribution in [2.75, 3.05) is 10.7 Å². The number of anilines is 1. The predicted molar refractivity (Wildman–Crippen MR) is 137 cm³/mol. The molecule has 36 heavy (non-hydrogen) atoms. The van der Waals surface area contributed by atoms with E-state index in [1.54, 1.807) is 67.6 Å². The van der Waals surface area contributed by atoms with Gasteiger partial charge in [0.05, 0.1) is 16.6 Å². The molecule has 0 aliphatic rings. The zero-order valence-corrected chi connectivity index (χ0v) is 19.6. The number of nitrogens with one attached hydrogen (secondary N) is 4. The van der Waals surface area contributed by atoms with Crippen molar-refractivity contribution in [2.24, 2.45) is 5.10 Å². The molecular formula is C24H19N7O4S. The van der Waals surface area contributed by atoms with Crippen molar-refractivity contribution in [1.82, 2.24) is 20.1 Å². The minimum atomic E-state index is -1.08. The summed E-state index contributed by atoms with van der Waals surface area (Å²) in [7, 11) is 0. The van der Waals surface area contributed by atoms with Crippen LogP contribution in [0.2, 0.25) is 0 Å². The van der Waals surface area contributed by atoms with E-state index in [0.717, 1.165) is 4.68 Å². The number of rotatable bonds is 5. The number of hydrogen-bond acceptors (Lipinski definition) is 7. The van der Waals surface area contributed by atoms with Crippen molar-refractivity contribution in [3.05, 3.63) is 99.3 Å². The van der Waals surface area contributed by atoms with E-state index in [-0.39, 0.29) is 10.7 Å². The van der Waals surface area contributed by atoms with Crippen LogP contribution in [0.25, 0.3) is 10.9 Å². The highest BCUT2D eigenvalue weighted by atomic mass is 32.1. The van der Waals surface area contributed by atoms with Crippen LogP contribution in [-0.2, 0) is 9.59 Å². The molecule has 0 spiro atoms. The van der Waals surface area contributed by atoms with Crippen molar-refractivity contribution in [3.63, 3.8) is 0 Å². The standard InChI is InChI=1S/C24H19N7O4S/c1-14(28-29-20(32)16-10-12-25-13-11-16)15-6-8-17(9-7-15)26-21(33)22(34)30-31-23(35)18-4-2-3-5-19(18)27-24(31)36/h2-13H,1H3,(H,26,33)(H,27,36)(H,29,32)(H,30,34)/b28-14+. The molecular weight excluding hydrogens is 482 g/mol. The van der Waals surface area contributed by atoms with E-state index in [1.165, 1.54) is 12.4 Å². The Kier molecular flexibility index (Phi) is 7.07. The second-order valence-corrected chi connectivity index (χ2v) is 7.85. The molecule has 3 amide bonds. The van der Waals surface area contributed by atoms with E-state index < -0.39 is 17.4 Å². The Balaban J connectivity index is 1.40. The van der Waals surface area contributed by atoms with E-state index in [0.29, 0.717) is 33.4 Å². The molecule has 4 rings (SSSR count). The number of aromatic amines is 1. The quantitative estimate of drug-likeness (QED) is 0.143. The lowest BCUT2D eigenvalue weighted by molar-refractivity contribution is -0.133. The lowest BCUT2D eigenvalue weighted by Gasteiger charge is -2.10. The number of nitrogens with zero attached hydrogens (tertiary/aromatic N) is 3. The van der Waals surface area contributed by atoms with Crippen molar-refractivity contribution < 1.29 is 14.4 Å². The van der Waals surface area contributed by atoms with Gasteiger partial charge in [-0.15, -0.1) is 0 Å². The van der Waals surface area contributed by atoms with Gasteiger partial charge in [-0.3, -0.25) is 24.2 Å². The highest BCUT2D eigenvalue weighted by Gasteiger charge is 2.16. The molecule has 2 aromatic carbocycles. The van der Waals surface area contributed by atoms with Gasteiger partial charge in [0, 0.05) is 23.6 Å². The van der Waals surface area contributed by atoms with Gasteiger partial charge in [-0.1, -0.05) is 24.3 Å². The molecule has 0 unspecified atom stereocenters. The first-order valence-corrected chi connectivity index (χ1v) is 11.0. The first-order chi connectivity index (χ1) is 17.3. The number of hydrogen-bond donors (Lipinski definition) is 4. The molecule has 0 atom stereocenters. The fraction of sp³-hybridized carbons (Fsp3) is 0.0417. The van der Waals surface area contributed by atoms with Gasteiger partial charge in [-0.2, -0.15) is 9.78 Å². The first kappa shape index (κ1) is 24.2. The third-order valence-electron chi connectivity index (χ3n) is 5.05. The average molecular weight is 502 g/mol. The molecule has 0 saturated heterocycles. The molecule has 12 heteroatoms. The van der Waals surface area contributed by atoms with Crippen LogP contribution in [0.5, 0.6) is 0 Å². The number of amides is 3. The molecule has 0 fully saturated rings. The Labute approximate surface area is 208 Å². The summed E-state index contributed by atoms with van der Waals surface area (Å²) in [5, 5.41) is 6.83. The van der Waals surface area contributed by atoms with Crippen LogP contribution in [0.15, 0.2) is 83.0 Å². The number of carbonyl (C=O) groups excluding carboxylic acids is 3. The number of para-hydroxylation sites is 1. The highest BCUT2D eigenvalue weighted by molar-refractivity contribution is 7.71. The fourth-order valence-electron chi connectivity index (χ4n) is 3.17. The number of H-pyrrole nitrogens is 1. The summed E-state index contributed by atoms with van der Waals surface area (Å²) in [5.74, 6) is -2.45. The predicted octanol–water partition coefficient (Wildman–Crippen LogP) is 2.32. The number of aromatic nitrogens is 3. The van der Waals surface area contributed by atoms with Gasteiger partial charge in [0.15, 0.2) is 4.77 Å². The van der Waals surface area contributed by atoms with Crippen LogP contribution in [0.3, 0.4) is 0 Å². The maximum atomic E-state index is 12.6. The molecule has 0 saturated carbocycles. The van der Waals surface area contributed by atoms with E-state index >= 15 is 0 Å². The average Bonchev–Trinajstić information content (AvgIpc) is 2.90. The fourth-order valence-corrected chi connectivity index (χ4v) is 3.40. The van der Waals surface area contributed by atoms with Crippen LogP contribution in [0, 0.1) is 4.77 Å². The van der Waals surface area contributed by atoms with E-state index in [1.807, 2.05) is 0 Å². The van der Waals surface area contributed by atoms with Crippen LogP contribution in [-0.4, -0.2) is 38.1 Å². The number of fused-ring (bicyclic) bond motifs is 1. The molecule has 180 valence electrons. The largest absolute Gasteiger partial charge is 0.330 e. The molecule has 0 aliphatic carbocycles. The number of benzene rings is 2. The normalized spacial score (nSPS) is 11.1. The van der Waals surface area contributed by atoms with Crippen molar-refractivity contribution in [2.45, 2.75) is 6.92 Å². The summed E-state index contributed by atoms with van der Waals surface area (Å²) in [6.45, 7) is 1.71. The topological polar surface area (TPSA) is 150 Å². The SMILES string of the molecule is C/C(=N\NC(=O)c1ccncc1)c1ccc(NC(=O)C(=O)Nn2c(=S)[nH]c3ccccc3c2=O)cc1. The van der Waals surface area contributed by atoms with E-state index in [9.17, 15) is 19.2 Å². The number of pyridine rings is 1. The van der Waals surface area contributed by atoms with Gasteiger partial charge < -0.3 is 10.3 Å². The molecule has 0 radical (unpaired) electrons. The molecule has 0 bridgehead atoms. The highest BCUT2D eigenvalue weighted by Crippen LogP contribution is 2.11. The Morgan fingerprint density at radius 3 is 2.36 bits per heavy atom. The van der Waals surface area contributed by atoms with Gasteiger partial charge in [0.25, 0.3) is 11.5 Å². The van der Waals surface area contributed by atoms with Crippen LogP contribution >= 0.6 is 12.2 Å². The van der Waals surface area contributed by atoms with Gasteiger partial charge in [-0.25, -0.2) is 10.9 Å². The zero-order chi connectivity index (χ0) is 25.7. The summed E-state index contributed by atoms with van der Waals surface area (Å²) in [6, 6.07) is 16.3. The van der Waals surface area contributed by atoms with Gasteiger partial charge >= 0.3 is 11.8 Å². The van der Waals surface area contributed by atoms with Crippen molar-refractivity contribution in [3.8, 4) is 0 Å². The maximum absolute atomic E-state index is 12.6. The molecule has 2 heterocycles. The summed E-state index contributed by atoms with van der Waals surface area (Å²) >= 11 is 5.13. The van der Waals surface area contributed by atoms with Crippen molar-refractivity contribution >= 4 is 52.2 Å². The van der Waals surface area contributed by atoms with E-state index in [2.05, 4.69) is 31.2 Å². The van der Waals surface area contributed by atoms with Gasteiger partial charge in [0.1, 0.15) is 0 Å². The zero-order valence-electron chi connectivity index (χ0n) is 18.8. The maximum Gasteiger partial charge on any atom is 0.328 e. The monoisotopic (exact) mass is 501 g/mol. The molecule has 4 N–H and O–H groups in total. The van der Waals surface area contributed by atoms with Gasteiger partial charge in [0.2, 0.25) is 0 Å². The lowest BCUT2D eigenvalue weighted by Crippen LogP contribution is -2.40. The summed E-state index contributed by atoms with van der Waals surface area (Å²) in [5.41, 5.74) is 6.59. The smallest absolute Gasteiger partial charge is 0.328 e.